The monoisotopic (exact) mass is 624 g/mol. The Morgan fingerprint density at radius 3 is 1.95 bits per heavy atom. The van der Waals surface area contributed by atoms with Gasteiger partial charge in [0.05, 0.1) is 18.1 Å². The van der Waals surface area contributed by atoms with Gasteiger partial charge in [-0.1, -0.05) is 13.5 Å². The number of hydrogen-bond acceptors (Lipinski definition) is 14. The van der Waals surface area contributed by atoms with Crippen molar-refractivity contribution in [2.45, 2.75) is 103 Å². The molecule has 0 amide bonds. The maximum Gasteiger partial charge on any atom is 0.303 e. The molecule has 1 aliphatic heterocycles. The van der Waals surface area contributed by atoms with Gasteiger partial charge in [-0.15, -0.1) is 0 Å². The molecule has 0 aromatic rings. The summed E-state index contributed by atoms with van der Waals surface area (Å²) in [6.45, 7) is 11.4. The molecule has 1 saturated heterocycles. The summed E-state index contributed by atoms with van der Waals surface area (Å²) in [4.78, 5) is 77.3. The second kappa shape index (κ2) is 11.2. The summed E-state index contributed by atoms with van der Waals surface area (Å²) in [5, 5.41) is 24.2. The van der Waals surface area contributed by atoms with Gasteiger partial charge in [-0.2, -0.15) is 0 Å². The lowest BCUT2D eigenvalue weighted by Gasteiger charge is -2.64. The van der Waals surface area contributed by atoms with Crippen molar-refractivity contribution < 1.29 is 67.4 Å². The molecule has 0 aromatic heterocycles. The number of esters is 5. The Balaban J connectivity index is 2.22. The van der Waals surface area contributed by atoms with Crippen LogP contribution >= 0.6 is 0 Å². The molecule has 14 heteroatoms. The van der Waals surface area contributed by atoms with E-state index >= 15 is 0 Å². The average Bonchev–Trinajstić information content (AvgIpc) is 3.03. The minimum absolute atomic E-state index is 0.0271. The van der Waals surface area contributed by atoms with E-state index in [1.165, 1.54) is 6.92 Å². The lowest BCUT2D eigenvalue weighted by molar-refractivity contribution is -0.302. The lowest BCUT2D eigenvalue weighted by Crippen LogP contribution is -2.81. The van der Waals surface area contributed by atoms with E-state index in [-0.39, 0.29) is 25.0 Å². The van der Waals surface area contributed by atoms with Gasteiger partial charge in [0, 0.05) is 64.7 Å². The molecule has 4 bridgehead atoms. The maximum atomic E-state index is 13.9. The molecule has 0 aromatic carbocycles. The van der Waals surface area contributed by atoms with Crippen molar-refractivity contribution in [3.8, 4) is 0 Å². The highest BCUT2D eigenvalue weighted by atomic mass is 16.6. The van der Waals surface area contributed by atoms with Gasteiger partial charge in [-0.3, -0.25) is 28.8 Å². The Kier molecular flexibility index (Phi) is 8.55. The molecule has 44 heavy (non-hydrogen) atoms. The molecule has 0 spiro atoms. The Labute approximate surface area is 254 Å². The molecule has 4 aliphatic rings. The van der Waals surface area contributed by atoms with Crippen molar-refractivity contribution in [3.63, 3.8) is 0 Å². The Morgan fingerprint density at radius 1 is 0.886 bits per heavy atom. The van der Waals surface area contributed by atoms with E-state index < -0.39 is 107 Å². The zero-order chi connectivity index (χ0) is 33.2. The molecule has 244 valence electrons. The summed E-state index contributed by atoms with van der Waals surface area (Å²) in [7, 11) is 0. The molecule has 11 unspecified atom stereocenters. The average molecular weight is 625 g/mol. The second-order valence-electron chi connectivity index (χ2n) is 12.7. The van der Waals surface area contributed by atoms with Crippen LogP contribution < -0.4 is 0 Å². The van der Waals surface area contributed by atoms with Crippen LogP contribution in [0.15, 0.2) is 12.2 Å². The lowest BCUT2D eigenvalue weighted by atomic mass is 9.43. The number of rotatable bonds is 6. The van der Waals surface area contributed by atoms with Crippen molar-refractivity contribution in [3.05, 3.63) is 12.2 Å². The van der Waals surface area contributed by atoms with Crippen LogP contribution in [0.25, 0.3) is 0 Å². The highest BCUT2D eigenvalue weighted by Crippen LogP contribution is 2.67. The van der Waals surface area contributed by atoms with Gasteiger partial charge in [-0.05, 0) is 12.5 Å². The van der Waals surface area contributed by atoms with E-state index in [2.05, 4.69) is 6.58 Å². The smallest absolute Gasteiger partial charge is 0.303 e. The minimum atomic E-state index is -2.45. The molecule has 0 radical (unpaired) electrons. The third-order valence-electron chi connectivity index (χ3n) is 10.1. The Bertz CT molecular complexity index is 1290. The normalized spacial score (nSPS) is 42.6. The van der Waals surface area contributed by atoms with Crippen molar-refractivity contribution >= 4 is 35.6 Å². The number of fused-ring (bicyclic) bond motifs is 1. The highest BCUT2D eigenvalue weighted by molar-refractivity contribution is 5.91. The molecular formula is C30H40O14. The van der Waals surface area contributed by atoms with Crippen molar-refractivity contribution in [2.24, 2.45) is 22.7 Å². The fourth-order valence-corrected chi connectivity index (χ4v) is 8.24. The summed E-state index contributed by atoms with van der Waals surface area (Å²) in [6.07, 6.45) is -8.63. The fraction of sp³-hybridized carbons (Fsp3) is 0.733. The van der Waals surface area contributed by atoms with E-state index in [1.54, 1.807) is 6.92 Å². The van der Waals surface area contributed by atoms with Crippen LogP contribution in [-0.2, 0) is 57.2 Å². The second-order valence-corrected chi connectivity index (χ2v) is 12.7. The van der Waals surface area contributed by atoms with Gasteiger partial charge in [0.25, 0.3) is 0 Å². The molecular weight excluding hydrogens is 584 g/mol. The van der Waals surface area contributed by atoms with Gasteiger partial charge in [0.1, 0.15) is 24.4 Å². The summed E-state index contributed by atoms with van der Waals surface area (Å²) < 4.78 is 35.0. The van der Waals surface area contributed by atoms with Crippen LogP contribution in [0, 0.1) is 22.7 Å². The molecule has 2 N–H and O–H groups in total. The van der Waals surface area contributed by atoms with Crippen LogP contribution in [0.4, 0.5) is 0 Å². The van der Waals surface area contributed by atoms with Crippen LogP contribution in [0.5, 0.6) is 0 Å². The van der Waals surface area contributed by atoms with Crippen LogP contribution in [0.1, 0.15) is 61.3 Å². The van der Waals surface area contributed by atoms with E-state index in [1.807, 2.05) is 0 Å². The Morgan fingerprint density at radius 2 is 1.43 bits per heavy atom. The number of Topliss-reactive ketones (excluding diaryl/α,β-unsaturated/α-hetero) is 1. The van der Waals surface area contributed by atoms with E-state index in [0.717, 1.165) is 34.6 Å². The number of carbonyl (C=O) groups is 6. The molecule has 4 rings (SSSR count). The number of aliphatic hydroxyl groups excluding tert-OH is 1. The fourth-order valence-electron chi connectivity index (χ4n) is 8.24. The predicted octanol–water partition coefficient (Wildman–Crippen LogP) is 0.329. The standard InChI is InChI=1S/C30H40O14/c1-13-20(36)10-22(41-15(3)32)29(12-39-14(2)31)23(13)24(42-16(4)33)19-9-21(37)28(8)30(38,27(19,7)11-40-28)26(44-18(6)35)25(29)43-17(5)34/h19-20,22-26,36,38H,1,9-12H2,2-8H3. The SMILES string of the molecule is C=C1C(O)CC(OC(C)=O)C2(COC(C)=O)C(OC(C)=O)C(OC(C)=O)C3(O)C4(C)OCC3(C)C(CC4=O)C(OC(C)=O)C12. The molecule has 14 nitrogen and oxygen atoms in total. The number of ether oxygens (including phenoxy) is 6. The molecule has 4 fully saturated rings. The van der Waals surface area contributed by atoms with Crippen LogP contribution in [0.2, 0.25) is 0 Å². The van der Waals surface area contributed by atoms with Gasteiger partial charge in [0.2, 0.25) is 0 Å². The van der Waals surface area contributed by atoms with Gasteiger partial charge in [0.15, 0.2) is 23.6 Å². The predicted molar refractivity (Wildman–Crippen MR) is 145 cm³/mol. The summed E-state index contributed by atoms with van der Waals surface area (Å²) in [6, 6.07) is 0. The summed E-state index contributed by atoms with van der Waals surface area (Å²) >= 11 is 0. The first kappa shape index (κ1) is 33.5. The third kappa shape index (κ3) is 4.72. The van der Waals surface area contributed by atoms with Gasteiger partial charge in [-0.25, -0.2) is 0 Å². The topological polar surface area (TPSA) is 198 Å². The van der Waals surface area contributed by atoms with Crippen LogP contribution in [-0.4, -0.2) is 101 Å². The largest absolute Gasteiger partial charge is 0.465 e. The zero-order valence-electron chi connectivity index (χ0n) is 25.9. The maximum absolute atomic E-state index is 13.9. The van der Waals surface area contributed by atoms with Crippen molar-refractivity contribution in [2.75, 3.05) is 13.2 Å². The third-order valence-corrected chi connectivity index (χ3v) is 10.1. The van der Waals surface area contributed by atoms with Crippen LogP contribution in [0.3, 0.4) is 0 Å². The number of hydrogen-bond donors (Lipinski definition) is 2. The molecule has 3 saturated carbocycles. The Hall–Kier alpha value is -3.36. The van der Waals surface area contributed by atoms with E-state index in [0.29, 0.717) is 0 Å². The molecule has 11 atom stereocenters. The van der Waals surface area contributed by atoms with Gasteiger partial charge < -0.3 is 38.6 Å². The first-order chi connectivity index (χ1) is 20.3. The molecule has 3 aliphatic carbocycles. The van der Waals surface area contributed by atoms with Crippen molar-refractivity contribution in [1.29, 1.82) is 0 Å². The zero-order valence-corrected chi connectivity index (χ0v) is 25.9. The minimum Gasteiger partial charge on any atom is -0.465 e. The number of ketones is 1. The van der Waals surface area contributed by atoms with Crippen molar-refractivity contribution in [1.82, 2.24) is 0 Å². The number of aliphatic hydroxyl groups is 2. The summed E-state index contributed by atoms with van der Waals surface area (Å²) in [5.74, 6) is -7.35. The quantitative estimate of drug-likeness (QED) is 0.233. The molecule has 1 heterocycles. The first-order valence-corrected chi connectivity index (χ1v) is 14.4. The highest BCUT2D eigenvalue weighted by Gasteiger charge is 2.83. The summed E-state index contributed by atoms with van der Waals surface area (Å²) in [5.41, 5.74) is -7.95. The van der Waals surface area contributed by atoms with E-state index in [4.69, 9.17) is 28.4 Å². The first-order valence-electron chi connectivity index (χ1n) is 14.4. The van der Waals surface area contributed by atoms with E-state index in [9.17, 15) is 39.0 Å². The van der Waals surface area contributed by atoms with Gasteiger partial charge >= 0.3 is 29.8 Å². The number of carbonyl (C=O) groups excluding carboxylic acids is 6.